The number of hydrogen-bond acceptors (Lipinski definition) is 6. The van der Waals surface area contributed by atoms with Gasteiger partial charge in [0.2, 0.25) is 5.91 Å². The van der Waals surface area contributed by atoms with Crippen molar-refractivity contribution >= 4 is 34.5 Å². The molecule has 160 valence electrons. The fraction of sp³-hybridized carbons (Fsp3) is 0.350. The van der Waals surface area contributed by atoms with Crippen LogP contribution in [0.1, 0.15) is 10.5 Å². The number of amides is 4. The first kappa shape index (κ1) is 19.2. The number of ether oxygens (including phenoxy) is 1. The van der Waals surface area contributed by atoms with Gasteiger partial charge in [-0.1, -0.05) is 6.07 Å². The van der Waals surface area contributed by atoms with Gasteiger partial charge in [0.1, 0.15) is 17.0 Å². The van der Waals surface area contributed by atoms with Crippen LogP contribution in [0.4, 0.5) is 4.79 Å². The van der Waals surface area contributed by atoms with Crippen LogP contribution in [0, 0.1) is 0 Å². The number of hydrogen-bond donors (Lipinski definition) is 1. The third-order valence-corrected chi connectivity index (χ3v) is 5.71. The Morgan fingerprint density at radius 3 is 2.77 bits per heavy atom. The lowest BCUT2D eigenvalue weighted by Gasteiger charge is -2.42. The van der Waals surface area contributed by atoms with E-state index in [1.54, 1.807) is 47.0 Å². The third kappa shape index (κ3) is 2.96. The SMILES string of the molecule is COCCn1c(C(=O)N2CC(N3C(=O)CNC3=O)C2)cc2c(=O)n3ccccc3nc21. The predicted molar refractivity (Wildman–Crippen MR) is 109 cm³/mol. The van der Waals surface area contributed by atoms with Crippen LogP contribution in [0.25, 0.3) is 16.7 Å². The first-order valence-electron chi connectivity index (χ1n) is 9.88. The number of methoxy groups -OCH3 is 1. The molecule has 5 heterocycles. The molecule has 1 N–H and O–H groups in total. The molecule has 0 radical (unpaired) electrons. The molecule has 0 bridgehead atoms. The average Bonchev–Trinajstić information content (AvgIpc) is 3.26. The molecule has 0 unspecified atom stereocenters. The molecule has 0 atom stereocenters. The molecule has 2 saturated heterocycles. The Labute approximate surface area is 175 Å². The fourth-order valence-corrected chi connectivity index (χ4v) is 4.09. The summed E-state index contributed by atoms with van der Waals surface area (Å²) in [7, 11) is 1.56. The van der Waals surface area contributed by atoms with Gasteiger partial charge in [-0.2, -0.15) is 0 Å². The summed E-state index contributed by atoms with van der Waals surface area (Å²) >= 11 is 0. The molecule has 2 fully saturated rings. The van der Waals surface area contributed by atoms with E-state index in [1.807, 2.05) is 0 Å². The van der Waals surface area contributed by atoms with E-state index in [9.17, 15) is 19.2 Å². The Bertz CT molecular complexity index is 1270. The van der Waals surface area contributed by atoms with Gasteiger partial charge in [0.15, 0.2) is 0 Å². The van der Waals surface area contributed by atoms with E-state index in [2.05, 4.69) is 10.3 Å². The van der Waals surface area contributed by atoms with Crippen LogP contribution in [0.2, 0.25) is 0 Å². The number of carbonyl (C=O) groups excluding carboxylic acids is 3. The number of pyridine rings is 1. The number of rotatable bonds is 5. The summed E-state index contributed by atoms with van der Waals surface area (Å²) in [5.41, 5.74) is 0.968. The monoisotopic (exact) mass is 424 g/mol. The second kappa shape index (κ2) is 7.20. The Kier molecular flexibility index (Phi) is 4.47. The minimum absolute atomic E-state index is 0.0162. The van der Waals surface area contributed by atoms with Crippen LogP contribution in [0.15, 0.2) is 35.3 Å². The maximum atomic E-state index is 13.2. The molecule has 4 amide bonds. The standard InChI is InChI=1S/C20H20N6O5/c1-31-7-6-24-14(8-13-17(24)22-15-4-2-3-5-25(15)18(13)28)19(29)23-10-12(11-23)26-16(27)9-21-20(26)30/h2-5,8,12H,6-7,9-11H2,1H3,(H,21,30). The molecule has 5 rings (SSSR count). The number of urea groups is 1. The largest absolute Gasteiger partial charge is 0.383 e. The fourth-order valence-electron chi connectivity index (χ4n) is 4.09. The van der Waals surface area contributed by atoms with Gasteiger partial charge in [-0.15, -0.1) is 0 Å². The molecule has 0 spiro atoms. The van der Waals surface area contributed by atoms with E-state index < -0.39 is 6.03 Å². The molecule has 31 heavy (non-hydrogen) atoms. The van der Waals surface area contributed by atoms with E-state index >= 15 is 0 Å². The zero-order valence-electron chi connectivity index (χ0n) is 16.8. The van der Waals surface area contributed by atoms with Crippen LogP contribution in [0.5, 0.6) is 0 Å². The third-order valence-electron chi connectivity index (χ3n) is 5.71. The second-order valence-electron chi connectivity index (χ2n) is 7.54. The summed E-state index contributed by atoms with van der Waals surface area (Å²) in [6, 6.07) is 6.05. The Hall–Kier alpha value is -3.73. The lowest BCUT2D eigenvalue weighted by atomic mass is 10.1. The van der Waals surface area contributed by atoms with E-state index in [4.69, 9.17) is 4.74 Å². The molecule has 2 aliphatic rings. The number of aromatic nitrogens is 3. The number of nitrogens with one attached hydrogen (secondary N) is 1. The molecule has 11 nitrogen and oxygen atoms in total. The molecular weight excluding hydrogens is 404 g/mol. The van der Waals surface area contributed by atoms with Crippen molar-refractivity contribution in [3.63, 3.8) is 0 Å². The zero-order chi connectivity index (χ0) is 21.7. The molecule has 11 heteroatoms. The van der Waals surface area contributed by atoms with Gasteiger partial charge in [-0.05, 0) is 18.2 Å². The van der Waals surface area contributed by atoms with Crippen molar-refractivity contribution in [2.45, 2.75) is 12.6 Å². The number of fused-ring (bicyclic) bond motifs is 2. The van der Waals surface area contributed by atoms with Crippen LogP contribution in [-0.4, -0.2) is 81.0 Å². The molecule has 3 aromatic heterocycles. The van der Waals surface area contributed by atoms with Crippen molar-refractivity contribution in [3.8, 4) is 0 Å². The van der Waals surface area contributed by atoms with Gasteiger partial charge in [0, 0.05) is 32.9 Å². The highest BCUT2D eigenvalue weighted by Gasteiger charge is 2.43. The van der Waals surface area contributed by atoms with Crippen molar-refractivity contribution in [1.82, 2.24) is 29.1 Å². The van der Waals surface area contributed by atoms with Crippen molar-refractivity contribution in [2.75, 3.05) is 33.4 Å². The lowest BCUT2D eigenvalue weighted by molar-refractivity contribution is -0.128. The van der Waals surface area contributed by atoms with E-state index in [0.29, 0.717) is 35.5 Å². The molecule has 0 aliphatic carbocycles. The van der Waals surface area contributed by atoms with Crippen molar-refractivity contribution in [3.05, 3.63) is 46.5 Å². The lowest BCUT2D eigenvalue weighted by Crippen LogP contribution is -2.62. The van der Waals surface area contributed by atoms with Gasteiger partial charge in [0.25, 0.3) is 11.5 Å². The predicted octanol–water partition coefficient (Wildman–Crippen LogP) is -0.328. The number of imide groups is 1. The van der Waals surface area contributed by atoms with E-state index in [0.717, 1.165) is 0 Å². The first-order chi connectivity index (χ1) is 15.0. The summed E-state index contributed by atoms with van der Waals surface area (Å²) in [6.07, 6.45) is 1.64. The highest BCUT2D eigenvalue weighted by Crippen LogP contribution is 2.23. The number of carbonyl (C=O) groups is 3. The zero-order valence-corrected chi connectivity index (χ0v) is 16.8. The smallest absolute Gasteiger partial charge is 0.324 e. The van der Waals surface area contributed by atoms with Gasteiger partial charge < -0.3 is 19.5 Å². The Balaban J connectivity index is 1.50. The molecule has 2 aliphatic heterocycles. The quantitative estimate of drug-likeness (QED) is 0.561. The van der Waals surface area contributed by atoms with E-state index in [-0.39, 0.29) is 43.0 Å². The van der Waals surface area contributed by atoms with Crippen molar-refractivity contribution < 1.29 is 19.1 Å². The van der Waals surface area contributed by atoms with Gasteiger partial charge >= 0.3 is 6.03 Å². The highest BCUT2D eigenvalue weighted by molar-refractivity contribution is 6.03. The summed E-state index contributed by atoms with van der Waals surface area (Å²) in [4.78, 5) is 57.2. The summed E-state index contributed by atoms with van der Waals surface area (Å²) in [6.45, 7) is 1.17. The Morgan fingerprint density at radius 2 is 2.06 bits per heavy atom. The minimum Gasteiger partial charge on any atom is -0.383 e. The Morgan fingerprint density at radius 1 is 1.26 bits per heavy atom. The summed E-state index contributed by atoms with van der Waals surface area (Å²) in [5, 5.41) is 2.83. The minimum atomic E-state index is -0.430. The maximum Gasteiger partial charge on any atom is 0.324 e. The molecule has 0 saturated carbocycles. The van der Waals surface area contributed by atoms with Crippen LogP contribution < -0.4 is 10.9 Å². The van der Waals surface area contributed by atoms with Crippen molar-refractivity contribution in [2.24, 2.45) is 0 Å². The first-order valence-corrected chi connectivity index (χ1v) is 9.88. The maximum absolute atomic E-state index is 13.2. The topological polar surface area (TPSA) is 118 Å². The summed E-state index contributed by atoms with van der Waals surface area (Å²) in [5.74, 6) is -0.578. The van der Waals surface area contributed by atoms with Crippen LogP contribution >= 0.6 is 0 Å². The average molecular weight is 424 g/mol. The molecule has 3 aromatic rings. The number of likely N-dealkylation sites (tertiary alicyclic amines) is 1. The second-order valence-corrected chi connectivity index (χ2v) is 7.54. The van der Waals surface area contributed by atoms with Gasteiger partial charge in [0.05, 0.1) is 24.6 Å². The van der Waals surface area contributed by atoms with Crippen LogP contribution in [-0.2, 0) is 16.1 Å². The van der Waals surface area contributed by atoms with Gasteiger partial charge in [-0.25, -0.2) is 9.78 Å². The van der Waals surface area contributed by atoms with Crippen LogP contribution in [0.3, 0.4) is 0 Å². The van der Waals surface area contributed by atoms with E-state index in [1.165, 1.54) is 9.30 Å². The molecule has 0 aromatic carbocycles. The molecular formula is C20H20N6O5. The van der Waals surface area contributed by atoms with Gasteiger partial charge in [-0.3, -0.25) is 23.7 Å². The highest BCUT2D eigenvalue weighted by atomic mass is 16.5. The summed E-state index contributed by atoms with van der Waals surface area (Å²) < 4.78 is 8.31. The normalized spacial score (nSPS) is 16.9. The van der Waals surface area contributed by atoms with Crippen molar-refractivity contribution in [1.29, 1.82) is 0 Å². The number of nitrogens with zero attached hydrogens (tertiary/aromatic N) is 5.